The van der Waals surface area contributed by atoms with Crippen LogP contribution in [-0.2, 0) is 6.54 Å². The lowest BCUT2D eigenvalue weighted by Gasteiger charge is -2.17. The van der Waals surface area contributed by atoms with Gasteiger partial charge in [-0.05, 0) is 25.6 Å². The average Bonchev–Trinajstić information content (AvgIpc) is 2.90. The number of aromatic amines is 1. The van der Waals surface area contributed by atoms with E-state index in [4.69, 9.17) is 4.74 Å². The highest BCUT2D eigenvalue weighted by Crippen LogP contribution is 2.14. The Labute approximate surface area is 143 Å². The van der Waals surface area contributed by atoms with Crippen molar-refractivity contribution < 1.29 is 4.74 Å². The molecule has 0 radical (unpaired) electrons. The number of nitrogens with zero attached hydrogens (tertiary/aromatic N) is 3. The molecule has 1 N–H and O–H groups in total. The van der Waals surface area contributed by atoms with Crippen LogP contribution in [0.1, 0.15) is 46.5 Å². The van der Waals surface area contributed by atoms with E-state index in [0.29, 0.717) is 24.7 Å². The van der Waals surface area contributed by atoms with Crippen molar-refractivity contribution in [1.29, 1.82) is 0 Å². The van der Waals surface area contributed by atoms with Gasteiger partial charge < -0.3 is 14.6 Å². The van der Waals surface area contributed by atoms with Crippen molar-refractivity contribution in [2.75, 3.05) is 26.2 Å². The van der Waals surface area contributed by atoms with Crippen LogP contribution in [0.2, 0.25) is 0 Å². The average molecular weight is 334 g/mol. The molecule has 0 aliphatic carbocycles. The Morgan fingerprint density at radius 2 is 1.96 bits per heavy atom. The molecule has 0 unspecified atom stereocenters. The van der Waals surface area contributed by atoms with E-state index >= 15 is 0 Å². The molecule has 2 rings (SSSR count). The van der Waals surface area contributed by atoms with E-state index in [2.05, 4.69) is 35.6 Å². The molecule has 0 aromatic carbocycles. The van der Waals surface area contributed by atoms with Crippen LogP contribution in [0.15, 0.2) is 16.9 Å². The van der Waals surface area contributed by atoms with Crippen LogP contribution in [0, 0.1) is 0 Å². The zero-order chi connectivity index (χ0) is 17.4. The Balaban J connectivity index is 2.06. The SMILES string of the molecule is CCCCCCOc1ccc2[nH]c(=O)n(CCN(CC)CC)c2n1. The number of unbranched alkanes of at least 4 members (excludes halogenated alkanes) is 3. The van der Waals surface area contributed by atoms with Crippen LogP contribution in [0.25, 0.3) is 11.2 Å². The summed E-state index contributed by atoms with van der Waals surface area (Å²) in [7, 11) is 0. The van der Waals surface area contributed by atoms with Crippen molar-refractivity contribution in [1.82, 2.24) is 19.4 Å². The van der Waals surface area contributed by atoms with Crippen LogP contribution in [0.3, 0.4) is 0 Å². The smallest absolute Gasteiger partial charge is 0.327 e. The minimum atomic E-state index is -0.107. The standard InChI is InChI=1S/C18H30N4O2/c1-4-7-8-9-14-24-16-11-10-15-17(20-16)22(18(23)19-15)13-12-21(5-2)6-3/h10-11H,4-9,12-14H2,1-3H3,(H,19,23). The Bertz CT molecular complexity index is 673. The topological polar surface area (TPSA) is 63.2 Å². The summed E-state index contributed by atoms with van der Waals surface area (Å²) in [6.07, 6.45) is 4.66. The number of hydrogen-bond donors (Lipinski definition) is 1. The fourth-order valence-electron chi connectivity index (χ4n) is 2.79. The van der Waals surface area contributed by atoms with Crippen LogP contribution in [0.4, 0.5) is 0 Å². The lowest BCUT2D eigenvalue weighted by atomic mass is 10.2. The molecule has 0 aliphatic heterocycles. The molecule has 2 aromatic heterocycles. The maximum Gasteiger partial charge on any atom is 0.327 e. The third-order valence-corrected chi connectivity index (χ3v) is 4.37. The number of aromatic nitrogens is 3. The number of fused-ring (bicyclic) bond motifs is 1. The maximum atomic E-state index is 12.2. The molecular weight excluding hydrogens is 304 g/mol. The number of ether oxygens (including phenoxy) is 1. The summed E-state index contributed by atoms with van der Waals surface area (Å²) in [6, 6.07) is 3.70. The van der Waals surface area contributed by atoms with Crippen molar-refractivity contribution >= 4 is 11.2 Å². The Hall–Kier alpha value is -1.82. The van der Waals surface area contributed by atoms with E-state index < -0.39 is 0 Å². The Morgan fingerprint density at radius 3 is 2.67 bits per heavy atom. The molecule has 0 spiro atoms. The predicted octanol–water partition coefficient (Wildman–Crippen LogP) is 3.03. The number of imidazole rings is 1. The monoisotopic (exact) mass is 334 g/mol. The third-order valence-electron chi connectivity index (χ3n) is 4.37. The van der Waals surface area contributed by atoms with Gasteiger partial charge in [0.2, 0.25) is 5.88 Å². The van der Waals surface area contributed by atoms with Gasteiger partial charge in [0, 0.05) is 19.2 Å². The first-order valence-corrected chi connectivity index (χ1v) is 9.14. The molecule has 0 bridgehead atoms. The third kappa shape index (κ3) is 4.84. The second-order valence-corrected chi connectivity index (χ2v) is 6.04. The van der Waals surface area contributed by atoms with Gasteiger partial charge in [-0.3, -0.25) is 4.57 Å². The van der Waals surface area contributed by atoms with Crippen LogP contribution in [-0.4, -0.2) is 45.7 Å². The van der Waals surface area contributed by atoms with E-state index in [-0.39, 0.29) is 5.69 Å². The van der Waals surface area contributed by atoms with Crippen LogP contribution in [0.5, 0.6) is 5.88 Å². The Morgan fingerprint density at radius 1 is 1.17 bits per heavy atom. The lowest BCUT2D eigenvalue weighted by molar-refractivity contribution is 0.288. The maximum absolute atomic E-state index is 12.2. The second kappa shape index (κ2) is 9.47. The van der Waals surface area contributed by atoms with E-state index in [9.17, 15) is 4.79 Å². The minimum absolute atomic E-state index is 0.107. The van der Waals surface area contributed by atoms with Gasteiger partial charge in [-0.15, -0.1) is 0 Å². The van der Waals surface area contributed by atoms with E-state index in [1.165, 1.54) is 19.3 Å². The van der Waals surface area contributed by atoms with Crippen molar-refractivity contribution in [3.63, 3.8) is 0 Å². The van der Waals surface area contributed by atoms with Crippen molar-refractivity contribution in [3.8, 4) is 5.88 Å². The number of H-pyrrole nitrogens is 1. The molecule has 0 amide bonds. The van der Waals surface area contributed by atoms with Gasteiger partial charge in [0.05, 0.1) is 12.1 Å². The molecule has 0 aliphatic rings. The summed E-state index contributed by atoms with van der Waals surface area (Å²) in [5.74, 6) is 0.592. The molecule has 2 aromatic rings. The summed E-state index contributed by atoms with van der Waals surface area (Å²) in [4.78, 5) is 21.9. The number of nitrogens with one attached hydrogen (secondary N) is 1. The van der Waals surface area contributed by atoms with Crippen molar-refractivity contribution in [2.24, 2.45) is 0 Å². The molecule has 6 heteroatoms. The fourth-order valence-corrected chi connectivity index (χ4v) is 2.79. The lowest BCUT2D eigenvalue weighted by Crippen LogP contribution is -2.30. The molecule has 24 heavy (non-hydrogen) atoms. The highest BCUT2D eigenvalue weighted by atomic mass is 16.5. The summed E-state index contributed by atoms with van der Waals surface area (Å²) in [5, 5.41) is 0. The zero-order valence-electron chi connectivity index (χ0n) is 15.2. The molecule has 0 atom stereocenters. The Kier molecular flexibility index (Phi) is 7.31. The van der Waals surface area contributed by atoms with Crippen LogP contribution >= 0.6 is 0 Å². The first-order chi connectivity index (χ1) is 11.7. The number of hydrogen-bond acceptors (Lipinski definition) is 4. The summed E-state index contributed by atoms with van der Waals surface area (Å²) in [5.41, 5.74) is 1.33. The van der Waals surface area contributed by atoms with Crippen LogP contribution < -0.4 is 10.4 Å². The van der Waals surface area contributed by atoms with Gasteiger partial charge in [-0.25, -0.2) is 4.79 Å². The number of rotatable bonds is 11. The molecule has 0 saturated heterocycles. The van der Waals surface area contributed by atoms with Gasteiger partial charge in [-0.1, -0.05) is 40.0 Å². The number of pyridine rings is 1. The fraction of sp³-hybridized carbons (Fsp3) is 0.667. The molecule has 0 saturated carbocycles. The quantitative estimate of drug-likeness (QED) is 0.642. The first kappa shape index (κ1) is 18.5. The normalized spacial score (nSPS) is 11.5. The summed E-state index contributed by atoms with van der Waals surface area (Å²) < 4.78 is 7.45. The predicted molar refractivity (Wildman–Crippen MR) is 97.8 cm³/mol. The largest absolute Gasteiger partial charge is 0.478 e. The van der Waals surface area contributed by atoms with E-state index in [1.54, 1.807) is 4.57 Å². The summed E-state index contributed by atoms with van der Waals surface area (Å²) >= 11 is 0. The zero-order valence-corrected chi connectivity index (χ0v) is 15.2. The van der Waals surface area contributed by atoms with Gasteiger partial charge in [-0.2, -0.15) is 4.98 Å². The van der Waals surface area contributed by atoms with Gasteiger partial charge in [0.15, 0.2) is 5.65 Å². The second-order valence-electron chi connectivity index (χ2n) is 6.04. The van der Waals surface area contributed by atoms with Crippen molar-refractivity contribution in [3.05, 3.63) is 22.6 Å². The molecule has 134 valence electrons. The molecular formula is C18H30N4O2. The van der Waals surface area contributed by atoms with Gasteiger partial charge in [0.1, 0.15) is 0 Å². The van der Waals surface area contributed by atoms with E-state index in [0.717, 1.165) is 31.6 Å². The van der Waals surface area contributed by atoms with E-state index in [1.807, 2.05) is 12.1 Å². The highest BCUT2D eigenvalue weighted by molar-refractivity contribution is 5.71. The van der Waals surface area contributed by atoms with Gasteiger partial charge >= 0.3 is 5.69 Å². The highest BCUT2D eigenvalue weighted by Gasteiger charge is 2.10. The summed E-state index contributed by atoms with van der Waals surface area (Å²) in [6.45, 7) is 10.6. The first-order valence-electron chi connectivity index (χ1n) is 9.14. The van der Waals surface area contributed by atoms with Gasteiger partial charge in [0.25, 0.3) is 0 Å². The molecule has 2 heterocycles. The molecule has 6 nitrogen and oxygen atoms in total. The molecule has 0 fully saturated rings. The minimum Gasteiger partial charge on any atom is -0.478 e. The number of likely N-dealkylation sites (N-methyl/N-ethyl adjacent to an activating group) is 1. The van der Waals surface area contributed by atoms with Crippen molar-refractivity contribution in [2.45, 2.75) is 53.0 Å².